The van der Waals surface area contributed by atoms with E-state index in [9.17, 15) is 9.59 Å². The molecule has 0 spiro atoms. The molecule has 1 heterocycles. The molecule has 3 rings (SSSR count). The fourth-order valence-electron chi connectivity index (χ4n) is 3.59. The van der Waals surface area contributed by atoms with Gasteiger partial charge in [-0.3, -0.25) is 9.59 Å². The maximum atomic E-state index is 12.7. The van der Waals surface area contributed by atoms with Gasteiger partial charge < -0.3 is 20.7 Å². The van der Waals surface area contributed by atoms with Gasteiger partial charge in [-0.15, -0.1) is 0 Å². The molecule has 0 radical (unpaired) electrons. The van der Waals surface area contributed by atoms with Crippen molar-refractivity contribution in [3.05, 3.63) is 30.3 Å². The lowest BCUT2D eigenvalue weighted by Gasteiger charge is -2.36. The van der Waals surface area contributed by atoms with Gasteiger partial charge in [-0.25, -0.2) is 0 Å². The minimum atomic E-state index is -0.320. The Morgan fingerprint density at radius 2 is 2.00 bits per heavy atom. The highest BCUT2D eigenvalue weighted by Gasteiger charge is 2.42. The van der Waals surface area contributed by atoms with Gasteiger partial charge in [0.25, 0.3) is 5.91 Å². The number of nitrogens with one attached hydrogen (secondary N) is 1. The number of likely N-dealkylation sites (tertiary alicyclic amines) is 1. The molecule has 6 heteroatoms. The number of benzene rings is 1. The monoisotopic (exact) mass is 359 g/mol. The minimum absolute atomic E-state index is 0.000934. The number of ether oxygens (including phenoxy) is 1. The normalized spacial score (nSPS) is 22.4. The molecule has 2 amide bonds. The number of amides is 2. The van der Waals surface area contributed by atoms with E-state index in [-0.39, 0.29) is 29.9 Å². The lowest BCUT2D eigenvalue weighted by Crippen LogP contribution is -2.56. The summed E-state index contributed by atoms with van der Waals surface area (Å²) in [6.07, 6.45) is 3.89. The van der Waals surface area contributed by atoms with Gasteiger partial charge in [0.05, 0.1) is 11.5 Å². The van der Waals surface area contributed by atoms with Crippen LogP contribution in [0.5, 0.6) is 5.75 Å². The zero-order chi connectivity index (χ0) is 18.6. The molecule has 142 valence electrons. The first-order valence-electron chi connectivity index (χ1n) is 9.49. The zero-order valence-corrected chi connectivity index (χ0v) is 15.4. The van der Waals surface area contributed by atoms with Gasteiger partial charge in [0.15, 0.2) is 6.61 Å². The van der Waals surface area contributed by atoms with E-state index >= 15 is 0 Å². The second-order valence-electron chi connectivity index (χ2n) is 7.67. The van der Waals surface area contributed by atoms with Crippen LogP contribution in [0.1, 0.15) is 32.6 Å². The molecule has 0 aromatic heterocycles. The maximum Gasteiger partial charge on any atom is 0.260 e. The third kappa shape index (κ3) is 4.55. The van der Waals surface area contributed by atoms with Gasteiger partial charge in [0.2, 0.25) is 5.91 Å². The summed E-state index contributed by atoms with van der Waals surface area (Å²) in [5, 5.41) is 3.16. The standard InChI is InChI=1S/C20H29N3O3/c1-20(14-21,16-9-10-16)22-19(25)15-6-5-11-23(12-15)18(24)13-26-17-7-3-2-4-8-17/h2-4,7-8,15-16H,5-6,9-14,21H2,1H3,(H,22,25). The molecule has 1 saturated carbocycles. The van der Waals surface area contributed by atoms with Crippen LogP contribution in [0.25, 0.3) is 0 Å². The van der Waals surface area contributed by atoms with Crippen LogP contribution in [-0.4, -0.2) is 48.5 Å². The van der Waals surface area contributed by atoms with Crippen molar-refractivity contribution in [1.29, 1.82) is 0 Å². The Labute approximate surface area is 155 Å². The van der Waals surface area contributed by atoms with Crippen molar-refractivity contribution in [2.45, 2.75) is 38.1 Å². The first-order valence-corrected chi connectivity index (χ1v) is 9.49. The molecular formula is C20H29N3O3. The number of carbonyl (C=O) groups excluding carboxylic acids is 2. The Bertz CT molecular complexity index is 632. The van der Waals surface area contributed by atoms with Crippen molar-refractivity contribution in [3.63, 3.8) is 0 Å². The summed E-state index contributed by atoms with van der Waals surface area (Å²) in [5.74, 6) is 0.933. The Kier molecular flexibility index (Phi) is 5.81. The second-order valence-corrected chi connectivity index (χ2v) is 7.67. The van der Waals surface area contributed by atoms with Crippen LogP contribution in [0.4, 0.5) is 0 Å². The van der Waals surface area contributed by atoms with Gasteiger partial charge in [-0.05, 0) is 50.7 Å². The zero-order valence-electron chi connectivity index (χ0n) is 15.4. The molecule has 1 aliphatic heterocycles. The average Bonchev–Trinajstić information content (AvgIpc) is 3.52. The topological polar surface area (TPSA) is 84.7 Å². The number of rotatable bonds is 7. The second kappa shape index (κ2) is 8.08. The number of para-hydroxylation sites is 1. The molecule has 1 saturated heterocycles. The highest BCUT2D eigenvalue weighted by molar-refractivity contribution is 5.82. The van der Waals surface area contributed by atoms with Crippen LogP contribution in [0, 0.1) is 11.8 Å². The average molecular weight is 359 g/mol. The summed E-state index contributed by atoms with van der Waals surface area (Å²) < 4.78 is 5.55. The molecule has 1 aromatic rings. The predicted octanol–water partition coefficient (Wildman–Crippen LogP) is 1.55. The van der Waals surface area contributed by atoms with E-state index in [1.165, 1.54) is 0 Å². The first kappa shape index (κ1) is 18.7. The summed E-state index contributed by atoms with van der Waals surface area (Å²) in [4.78, 5) is 26.9. The van der Waals surface area contributed by atoms with Crippen LogP contribution in [-0.2, 0) is 9.59 Å². The van der Waals surface area contributed by atoms with Crippen LogP contribution >= 0.6 is 0 Å². The van der Waals surface area contributed by atoms with Crippen LogP contribution < -0.4 is 15.8 Å². The van der Waals surface area contributed by atoms with Crippen LogP contribution in [0.15, 0.2) is 30.3 Å². The molecule has 2 unspecified atom stereocenters. The Morgan fingerprint density at radius 3 is 2.65 bits per heavy atom. The van der Waals surface area contributed by atoms with Crippen molar-refractivity contribution in [1.82, 2.24) is 10.2 Å². The molecule has 26 heavy (non-hydrogen) atoms. The van der Waals surface area contributed by atoms with Gasteiger partial charge in [-0.2, -0.15) is 0 Å². The van der Waals surface area contributed by atoms with Gasteiger partial charge >= 0.3 is 0 Å². The summed E-state index contributed by atoms with van der Waals surface area (Å²) in [5.41, 5.74) is 5.58. The maximum absolute atomic E-state index is 12.7. The molecular weight excluding hydrogens is 330 g/mol. The number of piperidine rings is 1. The third-order valence-corrected chi connectivity index (χ3v) is 5.56. The first-order chi connectivity index (χ1) is 12.5. The van der Waals surface area contributed by atoms with Crippen molar-refractivity contribution >= 4 is 11.8 Å². The number of nitrogens with zero attached hydrogens (tertiary/aromatic N) is 1. The fraction of sp³-hybridized carbons (Fsp3) is 0.600. The quantitative estimate of drug-likeness (QED) is 0.773. The Balaban J connectivity index is 1.51. The largest absolute Gasteiger partial charge is 0.484 e. The van der Waals surface area contributed by atoms with Crippen molar-refractivity contribution < 1.29 is 14.3 Å². The van der Waals surface area contributed by atoms with E-state index in [1.54, 1.807) is 4.90 Å². The Morgan fingerprint density at radius 1 is 1.27 bits per heavy atom. The molecule has 2 fully saturated rings. The third-order valence-electron chi connectivity index (χ3n) is 5.56. The van der Waals surface area contributed by atoms with E-state index in [2.05, 4.69) is 5.32 Å². The van der Waals surface area contributed by atoms with Crippen LogP contribution in [0.3, 0.4) is 0 Å². The highest BCUT2D eigenvalue weighted by Crippen LogP contribution is 2.39. The molecule has 1 aromatic carbocycles. The predicted molar refractivity (Wildman–Crippen MR) is 99.6 cm³/mol. The van der Waals surface area contributed by atoms with E-state index in [0.717, 1.165) is 25.7 Å². The molecule has 2 atom stereocenters. The lowest BCUT2D eigenvalue weighted by atomic mass is 9.92. The van der Waals surface area contributed by atoms with Crippen molar-refractivity contribution in [2.75, 3.05) is 26.2 Å². The van der Waals surface area contributed by atoms with Gasteiger partial charge in [-0.1, -0.05) is 18.2 Å². The van der Waals surface area contributed by atoms with Gasteiger partial charge in [0.1, 0.15) is 5.75 Å². The summed E-state index contributed by atoms with van der Waals surface area (Å²) in [6.45, 7) is 3.61. The fourth-order valence-corrected chi connectivity index (χ4v) is 3.59. The number of hydrogen-bond donors (Lipinski definition) is 2. The minimum Gasteiger partial charge on any atom is -0.484 e. The molecule has 0 bridgehead atoms. The highest BCUT2D eigenvalue weighted by atomic mass is 16.5. The summed E-state index contributed by atoms with van der Waals surface area (Å²) >= 11 is 0. The van der Waals surface area contributed by atoms with Crippen molar-refractivity contribution in [3.8, 4) is 5.75 Å². The summed E-state index contributed by atoms with van der Waals surface area (Å²) in [7, 11) is 0. The van der Waals surface area contributed by atoms with Gasteiger partial charge in [0, 0.05) is 19.6 Å². The molecule has 2 aliphatic rings. The van der Waals surface area contributed by atoms with Crippen molar-refractivity contribution in [2.24, 2.45) is 17.6 Å². The molecule has 3 N–H and O–H groups in total. The summed E-state index contributed by atoms with van der Waals surface area (Å²) in [6, 6.07) is 9.29. The van der Waals surface area contributed by atoms with E-state index in [0.29, 0.717) is 31.3 Å². The molecule has 6 nitrogen and oxygen atoms in total. The van der Waals surface area contributed by atoms with E-state index in [4.69, 9.17) is 10.5 Å². The lowest BCUT2D eigenvalue weighted by molar-refractivity contribution is -0.138. The van der Waals surface area contributed by atoms with E-state index in [1.807, 2.05) is 37.3 Å². The number of nitrogens with two attached hydrogens (primary N) is 1. The number of carbonyl (C=O) groups is 2. The van der Waals surface area contributed by atoms with Crippen LogP contribution in [0.2, 0.25) is 0 Å². The van der Waals surface area contributed by atoms with E-state index < -0.39 is 0 Å². The smallest absolute Gasteiger partial charge is 0.260 e. The molecule has 1 aliphatic carbocycles. The number of hydrogen-bond acceptors (Lipinski definition) is 4. The SMILES string of the molecule is CC(CN)(NC(=O)C1CCCN(C(=O)COc2ccccc2)C1)C1CC1. The Hall–Kier alpha value is -2.08.